The van der Waals surface area contributed by atoms with Gasteiger partial charge in [-0.05, 0) is 38.1 Å². The van der Waals surface area contributed by atoms with Crippen molar-refractivity contribution in [1.82, 2.24) is 4.98 Å². The molecule has 7 heteroatoms. The van der Waals surface area contributed by atoms with Crippen molar-refractivity contribution in [1.29, 1.82) is 0 Å². The first-order valence-electron chi connectivity index (χ1n) is 8.78. The largest absolute Gasteiger partial charge is 0.487 e. The fourth-order valence-corrected chi connectivity index (χ4v) is 3.49. The molecule has 1 heterocycles. The van der Waals surface area contributed by atoms with Crippen molar-refractivity contribution in [3.63, 3.8) is 0 Å². The molecule has 28 heavy (non-hydrogen) atoms. The molecule has 1 aromatic heterocycles. The lowest BCUT2D eigenvalue weighted by Crippen LogP contribution is -2.40. The van der Waals surface area contributed by atoms with Gasteiger partial charge >= 0.3 is 0 Å². The van der Waals surface area contributed by atoms with E-state index in [-0.39, 0.29) is 12.5 Å². The number of hydrogen-bond acceptors (Lipinski definition) is 4. The molecule has 1 unspecified atom stereocenters. The van der Waals surface area contributed by atoms with E-state index in [2.05, 4.69) is 4.98 Å². The summed E-state index contributed by atoms with van der Waals surface area (Å²) < 4.78 is 6.01. The van der Waals surface area contributed by atoms with Crippen LogP contribution in [0.3, 0.4) is 0 Å². The van der Waals surface area contributed by atoms with E-state index < -0.39 is 6.04 Å². The molecule has 2 aromatic carbocycles. The van der Waals surface area contributed by atoms with Gasteiger partial charge in [-0.25, -0.2) is 4.98 Å². The Balaban J connectivity index is 1.92. The number of carbonyl (C=O) groups is 1. The molecule has 0 aliphatic rings. The van der Waals surface area contributed by atoms with Crippen LogP contribution in [0.5, 0.6) is 5.75 Å². The average molecular weight is 418 g/mol. The van der Waals surface area contributed by atoms with Gasteiger partial charge in [0.25, 0.3) is 0 Å². The van der Waals surface area contributed by atoms with Gasteiger partial charge in [-0.1, -0.05) is 41.4 Å². The van der Waals surface area contributed by atoms with Crippen molar-refractivity contribution in [2.24, 2.45) is 5.73 Å². The third-order valence-electron chi connectivity index (χ3n) is 4.44. The lowest BCUT2D eigenvalue weighted by molar-refractivity contribution is -0.119. The second kappa shape index (κ2) is 8.35. The summed E-state index contributed by atoms with van der Waals surface area (Å²) >= 11 is 12.9. The summed E-state index contributed by atoms with van der Waals surface area (Å²) in [7, 11) is 1.63. The molecule has 1 atom stereocenters. The number of nitrogens with two attached hydrogens (primary N) is 1. The third-order valence-corrected chi connectivity index (χ3v) is 5.22. The second-order valence-corrected chi connectivity index (χ2v) is 7.40. The van der Waals surface area contributed by atoms with Crippen molar-refractivity contribution in [2.75, 3.05) is 11.9 Å². The summed E-state index contributed by atoms with van der Waals surface area (Å²) in [6, 6.07) is 12.4. The van der Waals surface area contributed by atoms with E-state index in [0.717, 1.165) is 16.6 Å². The van der Waals surface area contributed by atoms with Crippen molar-refractivity contribution in [2.45, 2.75) is 26.5 Å². The second-order valence-electron chi connectivity index (χ2n) is 6.61. The first-order chi connectivity index (χ1) is 13.3. The Morgan fingerprint density at radius 3 is 2.68 bits per heavy atom. The number of carbonyl (C=O) groups excluding carboxylic acids is 1. The summed E-state index contributed by atoms with van der Waals surface area (Å²) in [5.41, 5.74) is 8.49. The van der Waals surface area contributed by atoms with Gasteiger partial charge in [-0.15, -0.1) is 0 Å². The van der Waals surface area contributed by atoms with E-state index in [4.69, 9.17) is 33.7 Å². The highest BCUT2D eigenvalue weighted by atomic mass is 35.5. The quantitative estimate of drug-likeness (QED) is 0.650. The fourth-order valence-electron chi connectivity index (χ4n) is 2.88. The van der Waals surface area contributed by atoms with Crippen LogP contribution in [0.25, 0.3) is 10.9 Å². The number of rotatable bonds is 5. The van der Waals surface area contributed by atoms with Crippen molar-refractivity contribution in [3.05, 3.63) is 63.8 Å². The number of fused-ring (bicyclic) bond motifs is 1. The molecule has 0 saturated carbocycles. The van der Waals surface area contributed by atoms with Gasteiger partial charge in [-0.2, -0.15) is 0 Å². The number of likely N-dealkylation sites (N-methyl/N-ethyl adjacent to an activating group) is 1. The van der Waals surface area contributed by atoms with Crippen LogP contribution in [0, 0.1) is 6.92 Å². The standard InChI is InChI=1S/C21H21Cl2N3O2/c1-12-7-8-14-5-4-6-18(20(14)25-12)28-11-15-16(22)9-10-17(19(15)23)26(3)21(27)13(2)24/h4-10,13H,11,24H2,1-3H3. The molecule has 3 rings (SSSR count). The zero-order valence-electron chi connectivity index (χ0n) is 15.9. The number of hydrogen-bond donors (Lipinski definition) is 1. The van der Waals surface area contributed by atoms with Crippen LogP contribution in [0.15, 0.2) is 42.5 Å². The average Bonchev–Trinajstić information content (AvgIpc) is 2.66. The highest BCUT2D eigenvalue weighted by Crippen LogP contribution is 2.35. The molecule has 3 aromatic rings. The number of halogens is 2. The molecular weight excluding hydrogens is 397 g/mol. The number of nitrogens with zero attached hydrogens (tertiary/aromatic N) is 2. The van der Waals surface area contributed by atoms with Crippen LogP contribution in [-0.2, 0) is 11.4 Å². The van der Waals surface area contributed by atoms with Crippen LogP contribution in [-0.4, -0.2) is 24.0 Å². The molecule has 0 saturated heterocycles. The zero-order chi connectivity index (χ0) is 20.4. The lowest BCUT2D eigenvalue weighted by atomic mass is 10.1. The van der Waals surface area contributed by atoms with Gasteiger partial charge in [0.2, 0.25) is 5.91 Å². The van der Waals surface area contributed by atoms with E-state index in [0.29, 0.717) is 27.0 Å². The van der Waals surface area contributed by atoms with E-state index >= 15 is 0 Å². The summed E-state index contributed by atoms with van der Waals surface area (Å²) in [5.74, 6) is 0.392. The first kappa shape index (κ1) is 20.4. The maximum atomic E-state index is 12.2. The van der Waals surface area contributed by atoms with Gasteiger partial charge < -0.3 is 15.4 Å². The highest BCUT2D eigenvalue weighted by Gasteiger charge is 2.20. The maximum absolute atomic E-state index is 12.2. The number of pyridine rings is 1. The Labute approximate surface area is 174 Å². The molecule has 5 nitrogen and oxygen atoms in total. The van der Waals surface area contributed by atoms with Gasteiger partial charge in [0.1, 0.15) is 17.9 Å². The molecule has 1 amide bonds. The molecule has 0 bridgehead atoms. The summed E-state index contributed by atoms with van der Waals surface area (Å²) in [6.45, 7) is 3.70. The minimum Gasteiger partial charge on any atom is -0.487 e. The Kier molecular flexibility index (Phi) is 6.08. The minimum atomic E-state index is -0.638. The smallest absolute Gasteiger partial charge is 0.243 e. The van der Waals surface area contributed by atoms with E-state index in [1.807, 2.05) is 37.3 Å². The normalized spacial score (nSPS) is 12.1. The fraction of sp³-hybridized carbons (Fsp3) is 0.238. The molecular formula is C21H21Cl2N3O2. The molecule has 0 spiro atoms. The van der Waals surface area contributed by atoms with Crippen molar-refractivity contribution < 1.29 is 9.53 Å². The van der Waals surface area contributed by atoms with Crippen LogP contribution in [0.4, 0.5) is 5.69 Å². The molecule has 0 fully saturated rings. The number of aryl methyl sites for hydroxylation is 1. The molecule has 0 aliphatic carbocycles. The predicted octanol–water partition coefficient (Wildman–Crippen LogP) is 4.74. The van der Waals surface area contributed by atoms with Gasteiger partial charge in [0.05, 0.1) is 16.8 Å². The van der Waals surface area contributed by atoms with E-state index in [1.165, 1.54) is 4.90 Å². The number of amides is 1. The van der Waals surface area contributed by atoms with Crippen LogP contribution < -0.4 is 15.4 Å². The number of anilines is 1. The molecule has 0 aliphatic heterocycles. The van der Waals surface area contributed by atoms with Crippen LogP contribution in [0.2, 0.25) is 10.0 Å². The number of benzene rings is 2. The SMILES string of the molecule is Cc1ccc2cccc(OCc3c(Cl)ccc(N(C)C(=O)C(C)N)c3Cl)c2n1. The number of ether oxygens (including phenoxy) is 1. The van der Waals surface area contributed by atoms with Crippen molar-refractivity contribution in [3.8, 4) is 5.75 Å². The monoisotopic (exact) mass is 417 g/mol. The molecule has 146 valence electrons. The highest BCUT2D eigenvalue weighted by molar-refractivity contribution is 6.38. The maximum Gasteiger partial charge on any atom is 0.243 e. The summed E-state index contributed by atoms with van der Waals surface area (Å²) in [4.78, 5) is 18.2. The lowest BCUT2D eigenvalue weighted by Gasteiger charge is -2.22. The summed E-state index contributed by atoms with van der Waals surface area (Å²) in [6.07, 6.45) is 0. The Morgan fingerprint density at radius 1 is 1.21 bits per heavy atom. The minimum absolute atomic E-state index is 0.139. The van der Waals surface area contributed by atoms with Gasteiger partial charge in [0.15, 0.2) is 0 Å². The summed E-state index contributed by atoms with van der Waals surface area (Å²) in [5, 5.41) is 1.80. The predicted molar refractivity (Wildman–Crippen MR) is 114 cm³/mol. The van der Waals surface area contributed by atoms with Gasteiger partial charge in [-0.3, -0.25) is 4.79 Å². The number of para-hydroxylation sites is 1. The number of aromatic nitrogens is 1. The molecule has 0 radical (unpaired) electrons. The Hall–Kier alpha value is -2.34. The zero-order valence-corrected chi connectivity index (χ0v) is 17.4. The topological polar surface area (TPSA) is 68.5 Å². The first-order valence-corrected chi connectivity index (χ1v) is 9.54. The third kappa shape index (κ3) is 4.07. The van der Waals surface area contributed by atoms with Crippen molar-refractivity contribution >= 4 is 45.7 Å². The van der Waals surface area contributed by atoms with E-state index in [1.54, 1.807) is 26.1 Å². The van der Waals surface area contributed by atoms with E-state index in [9.17, 15) is 4.79 Å². The van der Waals surface area contributed by atoms with Gasteiger partial charge in [0, 0.05) is 28.7 Å². The van der Waals surface area contributed by atoms with Crippen LogP contribution in [0.1, 0.15) is 18.2 Å². The van der Waals surface area contributed by atoms with Crippen LogP contribution >= 0.6 is 23.2 Å². The Morgan fingerprint density at radius 2 is 1.96 bits per heavy atom. The molecule has 2 N–H and O–H groups in total. The Bertz CT molecular complexity index is 1040.